The summed E-state index contributed by atoms with van der Waals surface area (Å²) < 4.78 is 9.52. The molecule has 146 valence electrons. The lowest BCUT2D eigenvalue weighted by Crippen LogP contribution is -2.43. The lowest BCUT2D eigenvalue weighted by atomic mass is 10.1. The van der Waals surface area contributed by atoms with Crippen LogP contribution in [0.15, 0.2) is 0 Å². The van der Waals surface area contributed by atoms with Gasteiger partial charge in [-0.25, -0.2) is 9.59 Å². The summed E-state index contributed by atoms with van der Waals surface area (Å²) in [4.78, 5) is 22.8. The maximum Gasteiger partial charge on any atom is 0.339 e. The summed E-state index contributed by atoms with van der Waals surface area (Å²) in [5, 5.41) is 28.6. The van der Waals surface area contributed by atoms with Crippen molar-refractivity contribution in [3.05, 3.63) is 0 Å². The number of ether oxygens (including phenoxy) is 2. The van der Waals surface area contributed by atoms with Gasteiger partial charge in [0.15, 0.2) is 18.3 Å². The van der Waals surface area contributed by atoms with E-state index in [4.69, 9.17) is 4.74 Å². The number of aliphatic hydroxyl groups excluding tert-OH is 3. The summed E-state index contributed by atoms with van der Waals surface area (Å²) in [6.45, 7) is 2.38. The zero-order valence-corrected chi connectivity index (χ0v) is 15.1. The molecule has 1 aliphatic heterocycles. The standard InChI is InChI=1S/C18H32O7/c1-2-3-4-5-6-7-8-9-10-11-12-24-17(22)15(21)16-13(19)14(20)18(23)25-16/h13-16,19-21H,2-12H2,1H3/t13-,14+,15?,16+/m1/s1. The average Bonchev–Trinajstić information content (AvgIpc) is 2.86. The SMILES string of the molecule is CCCCCCCCCCCCOC(=O)C(O)[C@H]1OC(=O)[C@@H](O)[C@H]1O. The zero-order chi connectivity index (χ0) is 18.7. The Labute approximate surface area is 149 Å². The molecule has 25 heavy (non-hydrogen) atoms. The van der Waals surface area contributed by atoms with E-state index in [1.165, 1.54) is 44.9 Å². The molecule has 1 rings (SSSR count). The number of unbranched alkanes of at least 4 members (excludes halogenated alkanes) is 9. The van der Waals surface area contributed by atoms with E-state index in [1.807, 2.05) is 0 Å². The molecule has 1 fully saturated rings. The molecular formula is C18H32O7. The van der Waals surface area contributed by atoms with Crippen LogP contribution in [0.3, 0.4) is 0 Å². The van der Waals surface area contributed by atoms with E-state index in [0.29, 0.717) is 6.42 Å². The predicted molar refractivity (Wildman–Crippen MR) is 90.7 cm³/mol. The van der Waals surface area contributed by atoms with Crippen LogP contribution in [-0.4, -0.2) is 58.3 Å². The van der Waals surface area contributed by atoms with Crippen LogP contribution in [0.2, 0.25) is 0 Å². The summed E-state index contributed by atoms with van der Waals surface area (Å²) in [7, 11) is 0. The lowest BCUT2D eigenvalue weighted by Gasteiger charge is -2.18. The Hall–Kier alpha value is -1.18. The Morgan fingerprint density at radius 1 is 1.04 bits per heavy atom. The van der Waals surface area contributed by atoms with Gasteiger partial charge < -0.3 is 24.8 Å². The van der Waals surface area contributed by atoms with E-state index < -0.39 is 36.4 Å². The van der Waals surface area contributed by atoms with Crippen LogP contribution in [0.4, 0.5) is 0 Å². The van der Waals surface area contributed by atoms with Gasteiger partial charge in [0.2, 0.25) is 0 Å². The van der Waals surface area contributed by atoms with Crippen molar-refractivity contribution in [1.82, 2.24) is 0 Å². The van der Waals surface area contributed by atoms with Crippen molar-refractivity contribution in [2.75, 3.05) is 6.61 Å². The van der Waals surface area contributed by atoms with Crippen molar-refractivity contribution in [2.45, 2.75) is 95.5 Å². The summed E-state index contributed by atoms with van der Waals surface area (Å²) in [5.74, 6) is -2.01. The first-order chi connectivity index (χ1) is 12.0. The van der Waals surface area contributed by atoms with E-state index >= 15 is 0 Å². The Balaban J connectivity index is 2.02. The fourth-order valence-electron chi connectivity index (χ4n) is 2.83. The molecule has 0 amide bonds. The van der Waals surface area contributed by atoms with Crippen LogP contribution in [0, 0.1) is 0 Å². The molecule has 0 saturated carbocycles. The number of esters is 2. The van der Waals surface area contributed by atoms with Crippen LogP contribution >= 0.6 is 0 Å². The number of carbonyl (C=O) groups excluding carboxylic acids is 2. The first kappa shape index (κ1) is 21.9. The van der Waals surface area contributed by atoms with Crippen molar-refractivity contribution < 1.29 is 34.4 Å². The van der Waals surface area contributed by atoms with Gasteiger partial charge in [0, 0.05) is 0 Å². The molecule has 4 atom stereocenters. The fourth-order valence-corrected chi connectivity index (χ4v) is 2.83. The van der Waals surface area contributed by atoms with Gasteiger partial charge in [-0.2, -0.15) is 0 Å². The first-order valence-electron chi connectivity index (χ1n) is 9.40. The molecule has 3 N–H and O–H groups in total. The van der Waals surface area contributed by atoms with Crippen LogP contribution in [-0.2, 0) is 19.1 Å². The van der Waals surface area contributed by atoms with Crippen molar-refractivity contribution in [3.63, 3.8) is 0 Å². The van der Waals surface area contributed by atoms with E-state index in [-0.39, 0.29) is 6.61 Å². The second-order valence-electron chi connectivity index (χ2n) is 6.63. The second kappa shape index (κ2) is 12.2. The Morgan fingerprint density at radius 2 is 1.56 bits per heavy atom. The third-order valence-electron chi connectivity index (χ3n) is 4.45. The minimum Gasteiger partial charge on any atom is -0.464 e. The van der Waals surface area contributed by atoms with Crippen LogP contribution < -0.4 is 0 Å². The first-order valence-corrected chi connectivity index (χ1v) is 9.40. The van der Waals surface area contributed by atoms with Gasteiger partial charge >= 0.3 is 11.9 Å². The minimum atomic E-state index is -1.79. The number of carbonyl (C=O) groups is 2. The topological polar surface area (TPSA) is 113 Å². The van der Waals surface area contributed by atoms with Crippen LogP contribution in [0.5, 0.6) is 0 Å². The summed E-state index contributed by atoms with van der Waals surface area (Å²) >= 11 is 0. The Kier molecular flexibility index (Phi) is 10.7. The number of rotatable bonds is 13. The van der Waals surface area contributed by atoms with Gasteiger partial charge in [0.05, 0.1) is 6.61 Å². The molecule has 0 aromatic rings. The second-order valence-corrected chi connectivity index (χ2v) is 6.63. The molecule has 1 heterocycles. The number of cyclic esters (lactones) is 1. The number of hydrogen-bond acceptors (Lipinski definition) is 7. The van der Waals surface area contributed by atoms with Crippen LogP contribution in [0.1, 0.15) is 71.1 Å². The van der Waals surface area contributed by atoms with Gasteiger partial charge in [-0.15, -0.1) is 0 Å². The summed E-state index contributed by atoms with van der Waals surface area (Å²) in [6, 6.07) is 0. The highest BCUT2D eigenvalue weighted by Gasteiger charge is 2.48. The highest BCUT2D eigenvalue weighted by Crippen LogP contribution is 2.20. The molecule has 7 nitrogen and oxygen atoms in total. The quantitative estimate of drug-likeness (QED) is 0.336. The van der Waals surface area contributed by atoms with E-state index in [2.05, 4.69) is 11.7 Å². The Morgan fingerprint density at radius 3 is 2.04 bits per heavy atom. The Bertz CT molecular complexity index is 399. The highest BCUT2D eigenvalue weighted by molar-refractivity contribution is 5.81. The van der Waals surface area contributed by atoms with E-state index in [1.54, 1.807) is 0 Å². The molecule has 1 saturated heterocycles. The largest absolute Gasteiger partial charge is 0.464 e. The molecule has 1 unspecified atom stereocenters. The van der Waals surface area contributed by atoms with Crippen molar-refractivity contribution in [1.29, 1.82) is 0 Å². The molecule has 0 spiro atoms. The van der Waals surface area contributed by atoms with Gasteiger partial charge in [0.25, 0.3) is 0 Å². The van der Waals surface area contributed by atoms with Gasteiger partial charge in [-0.1, -0.05) is 64.7 Å². The van der Waals surface area contributed by atoms with E-state index in [0.717, 1.165) is 12.8 Å². The summed E-state index contributed by atoms with van der Waals surface area (Å²) in [5.41, 5.74) is 0. The predicted octanol–water partition coefficient (Wildman–Crippen LogP) is 1.46. The highest BCUT2D eigenvalue weighted by atomic mass is 16.6. The third kappa shape index (κ3) is 7.71. The molecular weight excluding hydrogens is 328 g/mol. The number of aliphatic hydroxyl groups is 3. The average molecular weight is 360 g/mol. The number of hydrogen-bond donors (Lipinski definition) is 3. The molecule has 0 radical (unpaired) electrons. The van der Waals surface area contributed by atoms with Gasteiger partial charge in [-0.3, -0.25) is 0 Å². The zero-order valence-electron chi connectivity index (χ0n) is 15.1. The lowest BCUT2D eigenvalue weighted by molar-refractivity contribution is -0.167. The molecule has 0 aromatic heterocycles. The molecule has 1 aliphatic rings. The molecule has 0 aromatic carbocycles. The molecule has 7 heteroatoms. The molecule has 0 bridgehead atoms. The third-order valence-corrected chi connectivity index (χ3v) is 4.45. The minimum absolute atomic E-state index is 0.172. The maximum atomic E-state index is 11.7. The maximum absolute atomic E-state index is 11.7. The van der Waals surface area contributed by atoms with E-state index in [9.17, 15) is 24.9 Å². The van der Waals surface area contributed by atoms with Crippen molar-refractivity contribution in [3.8, 4) is 0 Å². The van der Waals surface area contributed by atoms with Crippen molar-refractivity contribution >= 4 is 11.9 Å². The summed E-state index contributed by atoms with van der Waals surface area (Å²) in [6.07, 6.45) is 4.94. The van der Waals surface area contributed by atoms with Crippen molar-refractivity contribution in [2.24, 2.45) is 0 Å². The van der Waals surface area contributed by atoms with Gasteiger partial charge in [-0.05, 0) is 6.42 Å². The smallest absolute Gasteiger partial charge is 0.339 e. The van der Waals surface area contributed by atoms with Crippen LogP contribution in [0.25, 0.3) is 0 Å². The van der Waals surface area contributed by atoms with Gasteiger partial charge in [0.1, 0.15) is 6.10 Å². The normalized spacial score (nSPS) is 24.2. The monoisotopic (exact) mass is 360 g/mol. The fraction of sp³-hybridized carbons (Fsp3) is 0.889. The molecule has 0 aliphatic carbocycles.